The fourth-order valence-electron chi connectivity index (χ4n) is 1.67. The molecule has 2 aromatic carbocycles. The second-order valence-electron chi connectivity index (χ2n) is 3.77. The first kappa shape index (κ1) is 12.4. The van der Waals surface area contributed by atoms with Crippen molar-refractivity contribution in [2.75, 3.05) is 9.84 Å². The van der Waals surface area contributed by atoms with Gasteiger partial charge in [-0.25, -0.2) is 4.41 Å². The van der Waals surface area contributed by atoms with Gasteiger partial charge in [0.05, 0.1) is 16.3 Å². The molecule has 1 aliphatic rings. The van der Waals surface area contributed by atoms with Gasteiger partial charge in [0.1, 0.15) is 0 Å². The zero-order chi connectivity index (χ0) is 12.7. The van der Waals surface area contributed by atoms with Crippen LogP contribution in [-0.4, -0.2) is 0 Å². The number of hydrogen-bond acceptors (Lipinski definition) is 4. The molecule has 0 saturated carbocycles. The van der Waals surface area contributed by atoms with Gasteiger partial charge in [0.2, 0.25) is 0 Å². The van der Waals surface area contributed by atoms with Crippen molar-refractivity contribution in [3.8, 4) is 0 Å². The highest BCUT2D eigenvalue weighted by Crippen LogP contribution is 2.43. The quantitative estimate of drug-likeness (QED) is 0.560. The van der Waals surface area contributed by atoms with Crippen LogP contribution < -0.4 is 9.84 Å². The number of thiol groups is 1. The first-order valence-corrected chi connectivity index (χ1v) is 7.14. The summed E-state index contributed by atoms with van der Waals surface area (Å²) in [4.78, 5) is 1.91. The Morgan fingerprint density at radius 2 is 1.78 bits per heavy atom. The smallest absolute Gasteiger partial charge is 0.0839 e. The number of anilines is 2. The van der Waals surface area contributed by atoms with Crippen molar-refractivity contribution in [3.63, 3.8) is 0 Å². The number of halogens is 2. The molecule has 2 aromatic rings. The van der Waals surface area contributed by atoms with Crippen LogP contribution in [0.3, 0.4) is 0 Å². The maximum absolute atomic E-state index is 5.98. The fourth-order valence-corrected chi connectivity index (χ4v) is 3.53. The van der Waals surface area contributed by atoms with Crippen molar-refractivity contribution in [3.05, 3.63) is 46.4 Å². The summed E-state index contributed by atoms with van der Waals surface area (Å²) in [7, 11) is 0. The molecule has 1 N–H and O–H groups in total. The highest BCUT2D eigenvalue weighted by atomic mass is 35.5. The maximum Gasteiger partial charge on any atom is 0.0839 e. The fraction of sp³-hybridized carbons (Fsp3) is 0. The number of rotatable bonds is 1. The van der Waals surface area contributed by atoms with Gasteiger partial charge in [0.15, 0.2) is 0 Å². The third-order valence-corrected chi connectivity index (χ3v) is 4.34. The minimum absolute atomic E-state index is 0.675. The van der Waals surface area contributed by atoms with Crippen molar-refractivity contribution >= 4 is 59.2 Å². The summed E-state index contributed by atoms with van der Waals surface area (Å²) < 4.78 is 1.94. The molecule has 6 heteroatoms. The van der Waals surface area contributed by atoms with E-state index in [1.165, 1.54) is 0 Å². The average Bonchev–Trinajstić information content (AvgIpc) is 2.71. The Labute approximate surface area is 125 Å². The predicted octanol–water partition coefficient (Wildman–Crippen LogP) is 5.14. The summed E-state index contributed by atoms with van der Waals surface area (Å²) in [5.41, 5.74) is 5.28. The van der Waals surface area contributed by atoms with E-state index in [0.717, 1.165) is 26.2 Å². The number of hydrazine groups is 1. The normalized spacial score (nSPS) is 13.4. The molecule has 2 nitrogen and oxygen atoms in total. The lowest BCUT2D eigenvalue weighted by atomic mass is 10.3. The number of nitrogens with one attached hydrogen (secondary N) is 1. The zero-order valence-corrected chi connectivity index (χ0v) is 12.2. The summed E-state index contributed by atoms with van der Waals surface area (Å²) >= 11 is 17.9. The van der Waals surface area contributed by atoms with Crippen LogP contribution in [0.4, 0.5) is 11.4 Å². The van der Waals surface area contributed by atoms with E-state index in [-0.39, 0.29) is 0 Å². The van der Waals surface area contributed by atoms with E-state index in [9.17, 15) is 0 Å². The van der Waals surface area contributed by atoms with E-state index < -0.39 is 0 Å². The average molecular weight is 315 g/mol. The van der Waals surface area contributed by atoms with Crippen LogP contribution in [-0.2, 0) is 0 Å². The third kappa shape index (κ3) is 2.26. The van der Waals surface area contributed by atoms with Crippen molar-refractivity contribution in [1.29, 1.82) is 0 Å². The Morgan fingerprint density at radius 1 is 1.06 bits per heavy atom. The summed E-state index contributed by atoms with van der Waals surface area (Å²) in [6, 6.07) is 11.3. The topological polar surface area (TPSA) is 15.3 Å². The Kier molecular flexibility index (Phi) is 3.28. The van der Waals surface area contributed by atoms with Gasteiger partial charge in [-0.3, -0.25) is 5.43 Å². The molecule has 0 aromatic heterocycles. The highest BCUT2D eigenvalue weighted by molar-refractivity contribution is 8.01. The molecular weight excluding hydrogens is 307 g/mol. The highest BCUT2D eigenvalue weighted by Gasteiger charge is 2.21. The van der Waals surface area contributed by atoms with E-state index in [1.54, 1.807) is 11.9 Å². The van der Waals surface area contributed by atoms with Crippen LogP contribution in [0.15, 0.2) is 46.2 Å². The van der Waals surface area contributed by atoms with Crippen molar-refractivity contribution in [1.82, 2.24) is 0 Å². The Hall–Kier alpha value is -0.680. The monoisotopic (exact) mass is 314 g/mol. The van der Waals surface area contributed by atoms with E-state index in [4.69, 9.17) is 23.2 Å². The molecule has 92 valence electrons. The second kappa shape index (κ2) is 4.78. The lowest BCUT2D eigenvalue weighted by molar-refractivity contribution is 1.26. The zero-order valence-electron chi connectivity index (χ0n) is 9.02. The minimum Gasteiger partial charge on any atom is -0.287 e. The lowest BCUT2D eigenvalue weighted by Gasteiger charge is -2.18. The molecule has 0 saturated heterocycles. The molecule has 0 atom stereocenters. The van der Waals surface area contributed by atoms with Crippen molar-refractivity contribution in [2.45, 2.75) is 9.79 Å². The summed E-state index contributed by atoms with van der Waals surface area (Å²) in [6.45, 7) is 0. The van der Waals surface area contributed by atoms with Gasteiger partial charge < -0.3 is 0 Å². The number of fused-ring (bicyclic) bond motifs is 1. The number of hydrogen-bond donors (Lipinski definition) is 2. The van der Waals surface area contributed by atoms with Crippen LogP contribution in [0.5, 0.6) is 0 Å². The predicted molar refractivity (Wildman–Crippen MR) is 82.1 cm³/mol. The summed E-state index contributed by atoms with van der Waals surface area (Å²) in [5.74, 6) is 0. The lowest BCUT2D eigenvalue weighted by Crippen LogP contribution is -2.16. The first-order chi connectivity index (χ1) is 8.63. The molecular formula is C12H8Cl2N2S2. The van der Waals surface area contributed by atoms with Gasteiger partial charge >= 0.3 is 0 Å². The van der Waals surface area contributed by atoms with E-state index in [2.05, 4.69) is 18.1 Å². The standard InChI is InChI=1S/C12H8Cl2N2S2/c13-7-2-4-10(11(17)5-7)16-15-9-3-1-8(14)6-12(9)18-16/h1-6,15,17H. The van der Waals surface area contributed by atoms with Gasteiger partial charge in [-0.05, 0) is 36.4 Å². The molecule has 1 aliphatic heterocycles. The van der Waals surface area contributed by atoms with E-state index in [0.29, 0.717) is 5.02 Å². The van der Waals surface area contributed by atoms with Crippen LogP contribution in [0.2, 0.25) is 10.0 Å². The minimum atomic E-state index is 0.675. The van der Waals surface area contributed by atoms with Crippen LogP contribution in [0.1, 0.15) is 0 Å². The third-order valence-electron chi connectivity index (χ3n) is 2.51. The first-order valence-electron chi connectivity index (χ1n) is 5.16. The Morgan fingerprint density at radius 3 is 2.56 bits per heavy atom. The van der Waals surface area contributed by atoms with Crippen LogP contribution in [0.25, 0.3) is 0 Å². The van der Waals surface area contributed by atoms with Gasteiger partial charge in [-0.15, -0.1) is 12.6 Å². The van der Waals surface area contributed by atoms with Crippen LogP contribution in [0, 0.1) is 0 Å². The van der Waals surface area contributed by atoms with Gasteiger partial charge in [0.25, 0.3) is 0 Å². The maximum atomic E-state index is 5.98. The molecule has 0 bridgehead atoms. The number of benzene rings is 2. The van der Waals surface area contributed by atoms with Gasteiger partial charge in [0, 0.05) is 26.9 Å². The molecule has 1 heterocycles. The molecule has 18 heavy (non-hydrogen) atoms. The molecule has 0 unspecified atom stereocenters. The van der Waals surface area contributed by atoms with Crippen LogP contribution >= 0.6 is 47.8 Å². The molecule has 3 rings (SSSR count). The van der Waals surface area contributed by atoms with Gasteiger partial charge in [-0.2, -0.15) is 0 Å². The van der Waals surface area contributed by atoms with Gasteiger partial charge in [-0.1, -0.05) is 23.2 Å². The SMILES string of the molecule is Sc1cc(Cl)ccc1N1Nc2ccc(Cl)cc2S1. The Bertz CT molecular complexity index is 619. The Balaban J connectivity index is 1.93. The van der Waals surface area contributed by atoms with E-state index >= 15 is 0 Å². The van der Waals surface area contributed by atoms with E-state index in [1.807, 2.05) is 40.8 Å². The summed E-state index contributed by atoms with van der Waals surface area (Å²) in [6.07, 6.45) is 0. The molecule has 0 spiro atoms. The molecule has 0 fully saturated rings. The second-order valence-corrected chi connectivity index (χ2v) is 6.11. The summed E-state index contributed by atoms with van der Waals surface area (Å²) in [5, 5.41) is 1.40. The molecule has 0 amide bonds. The molecule has 0 radical (unpaired) electrons. The largest absolute Gasteiger partial charge is 0.287 e. The van der Waals surface area contributed by atoms with Crippen molar-refractivity contribution < 1.29 is 0 Å². The number of nitrogens with zero attached hydrogens (tertiary/aromatic N) is 1. The molecule has 0 aliphatic carbocycles. The van der Waals surface area contributed by atoms with Crippen molar-refractivity contribution in [2.24, 2.45) is 0 Å².